The fourth-order valence-corrected chi connectivity index (χ4v) is 4.18. The van der Waals surface area contributed by atoms with Gasteiger partial charge in [0.15, 0.2) is 0 Å². The molecule has 4 heteroatoms. The van der Waals surface area contributed by atoms with Crippen LogP contribution in [0.25, 0.3) is 0 Å². The number of rotatable bonds is 4. The molecule has 1 aliphatic rings. The number of aliphatic hydroxyl groups excluding tert-OH is 1. The molecule has 0 amide bonds. The van der Waals surface area contributed by atoms with Crippen LogP contribution in [0.1, 0.15) is 32.1 Å². The molecule has 1 N–H and O–H groups in total. The van der Waals surface area contributed by atoms with E-state index in [9.17, 15) is 9.32 Å². The van der Waals surface area contributed by atoms with Gasteiger partial charge in [0.1, 0.15) is 4.71 Å². The van der Waals surface area contributed by atoms with E-state index in [4.69, 9.17) is 11.6 Å². The van der Waals surface area contributed by atoms with E-state index in [0.29, 0.717) is 4.90 Å². The van der Waals surface area contributed by atoms with E-state index in [-0.39, 0.29) is 5.92 Å². The first kappa shape index (κ1) is 14.0. The van der Waals surface area contributed by atoms with Gasteiger partial charge in [0.05, 0.1) is 16.9 Å². The van der Waals surface area contributed by atoms with Gasteiger partial charge in [-0.2, -0.15) is 0 Å². The Morgan fingerprint density at radius 3 is 2.39 bits per heavy atom. The van der Waals surface area contributed by atoms with Crippen LogP contribution in [0, 0.1) is 5.92 Å². The molecule has 1 aromatic carbocycles. The molecule has 1 aliphatic carbocycles. The minimum Gasteiger partial charge on any atom is -0.390 e. The normalized spacial score (nSPS) is 22.3. The number of hydrogen-bond donors (Lipinski definition) is 1. The maximum absolute atomic E-state index is 12.2. The van der Waals surface area contributed by atoms with Crippen molar-refractivity contribution in [2.45, 2.75) is 47.8 Å². The van der Waals surface area contributed by atoms with Crippen molar-refractivity contribution in [1.29, 1.82) is 0 Å². The highest BCUT2D eigenvalue weighted by atomic mass is 35.5. The average Bonchev–Trinajstić information content (AvgIpc) is 2.47. The highest BCUT2D eigenvalue weighted by Gasteiger charge is 2.31. The zero-order chi connectivity index (χ0) is 13.0. The summed E-state index contributed by atoms with van der Waals surface area (Å²) in [7, 11) is -1.34. The molecule has 2 nitrogen and oxygen atoms in total. The van der Waals surface area contributed by atoms with E-state index >= 15 is 0 Å². The fraction of sp³-hybridized carbons (Fsp3) is 0.571. The molecule has 0 spiro atoms. The van der Waals surface area contributed by atoms with Gasteiger partial charge in [-0.05, 0) is 30.9 Å². The van der Waals surface area contributed by atoms with E-state index in [0.717, 1.165) is 25.7 Å². The second-order valence-electron chi connectivity index (χ2n) is 4.85. The van der Waals surface area contributed by atoms with Crippen molar-refractivity contribution in [2.75, 3.05) is 0 Å². The van der Waals surface area contributed by atoms with Crippen LogP contribution in [0.2, 0.25) is 0 Å². The second-order valence-corrected chi connectivity index (χ2v) is 7.15. The highest BCUT2D eigenvalue weighted by Crippen LogP contribution is 2.31. The SMILES string of the molecule is O=S(c1ccccc1)C(Cl)C(O)C1CCCCC1. The van der Waals surface area contributed by atoms with Gasteiger partial charge < -0.3 is 5.11 Å². The number of halogens is 1. The predicted molar refractivity (Wildman–Crippen MR) is 75.1 cm³/mol. The summed E-state index contributed by atoms with van der Waals surface area (Å²) in [5, 5.41) is 10.2. The minimum absolute atomic E-state index is 0.203. The van der Waals surface area contributed by atoms with E-state index < -0.39 is 21.6 Å². The van der Waals surface area contributed by atoms with Crippen LogP contribution in [-0.4, -0.2) is 20.1 Å². The summed E-state index contributed by atoms with van der Waals surface area (Å²) < 4.78 is 11.5. The lowest BCUT2D eigenvalue weighted by atomic mass is 9.86. The quantitative estimate of drug-likeness (QED) is 0.863. The summed E-state index contributed by atoms with van der Waals surface area (Å²) in [6.07, 6.45) is 4.84. The molecular formula is C14H19ClO2S. The third-order valence-corrected chi connectivity index (χ3v) is 5.75. The van der Waals surface area contributed by atoms with E-state index in [2.05, 4.69) is 0 Å². The zero-order valence-corrected chi connectivity index (χ0v) is 11.9. The van der Waals surface area contributed by atoms with Crippen molar-refractivity contribution in [1.82, 2.24) is 0 Å². The summed E-state index contributed by atoms with van der Waals surface area (Å²) in [5.74, 6) is 0.203. The largest absolute Gasteiger partial charge is 0.390 e. The summed E-state index contributed by atoms with van der Waals surface area (Å²) in [4.78, 5) is 0.687. The molecule has 0 aromatic heterocycles. The topological polar surface area (TPSA) is 37.3 Å². The number of aliphatic hydroxyl groups is 1. The van der Waals surface area contributed by atoms with Gasteiger partial charge in [-0.25, -0.2) is 0 Å². The lowest BCUT2D eigenvalue weighted by Crippen LogP contribution is -2.34. The van der Waals surface area contributed by atoms with E-state index in [1.165, 1.54) is 6.42 Å². The number of benzene rings is 1. The van der Waals surface area contributed by atoms with Crippen LogP contribution >= 0.6 is 11.6 Å². The Morgan fingerprint density at radius 1 is 1.17 bits per heavy atom. The van der Waals surface area contributed by atoms with Crippen LogP contribution < -0.4 is 0 Å². The molecule has 1 saturated carbocycles. The summed E-state index contributed by atoms with van der Waals surface area (Å²) >= 11 is 6.20. The van der Waals surface area contributed by atoms with Gasteiger partial charge in [0.2, 0.25) is 0 Å². The Bertz CT molecular complexity index is 390. The highest BCUT2D eigenvalue weighted by molar-refractivity contribution is 7.87. The van der Waals surface area contributed by atoms with Gasteiger partial charge in [0, 0.05) is 4.90 Å². The molecule has 0 saturated heterocycles. The molecule has 1 aromatic rings. The van der Waals surface area contributed by atoms with Crippen molar-refractivity contribution in [3.63, 3.8) is 0 Å². The molecule has 18 heavy (non-hydrogen) atoms. The molecule has 0 heterocycles. The third kappa shape index (κ3) is 3.34. The zero-order valence-electron chi connectivity index (χ0n) is 10.3. The Labute approximate surface area is 116 Å². The molecule has 0 radical (unpaired) electrons. The second kappa shape index (κ2) is 6.69. The van der Waals surface area contributed by atoms with E-state index in [1.54, 1.807) is 12.1 Å². The van der Waals surface area contributed by atoms with Gasteiger partial charge in [-0.3, -0.25) is 4.21 Å². The van der Waals surface area contributed by atoms with Crippen LogP contribution in [-0.2, 0) is 10.8 Å². The summed E-state index contributed by atoms with van der Waals surface area (Å²) in [6.45, 7) is 0. The molecule has 0 aliphatic heterocycles. The molecular weight excluding hydrogens is 268 g/mol. The van der Waals surface area contributed by atoms with Crippen molar-refractivity contribution in [3.05, 3.63) is 30.3 Å². The first-order chi connectivity index (χ1) is 8.70. The molecule has 3 unspecified atom stereocenters. The fourth-order valence-electron chi connectivity index (χ4n) is 2.50. The van der Waals surface area contributed by atoms with Crippen molar-refractivity contribution >= 4 is 22.4 Å². The molecule has 100 valence electrons. The van der Waals surface area contributed by atoms with Gasteiger partial charge in [-0.15, -0.1) is 11.6 Å². The average molecular weight is 287 g/mol. The van der Waals surface area contributed by atoms with Crippen molar-refractivity contribution in [3.8, 4) is 0 Å². The maximum Gasteiger partial charge on any atom is 0.139 e. The molecule has 3 atom stereocenters. The Hall–Kier alpha value is -0.380. The molecule has 0 bridgehead atoms. The first-order valence-corrected chi connectivity index (χ1v) is 8.13. The predicted octanol–water partition coefficient (Wildman–Crippen LogP) is 3.30. The minimum atomic E-state index is -1.34. The third-order valence-electron chi connectivity index (χ3n) is 3.58. The van der Waals surface area contributed by atoms with Gasteiger partial charge in [-0.1, -0.05) is 37.5 Å². The van der Waals surface area contributed by atoms with Crippen LogP contribution in [0.5, 0.6) is 0 Å². The smallest absolute Gasteiger partial charge is 0.139 e. The van der Waals surface area contributed by atoms with Crippen molar-refractivity contribution < 1.29 is 9.32 Å². The lowest BCUT2D eigenvalue weighted by molar-refractivity contribution is 0.0966. The first-order valence-electron chi connectivity index (χ1n) is 6.48. The number of alkyl halides is 1. The van der Waals surface area contributed by atoms with Crippen LogP contribution in [0.3, 0.4) is 0 Å². The van der Waals surface area contributed by atoms with Crippen LogP contribution in [0.15, 0.2) is 35.2 Å². The molecule has 2 rings (SSSR count). The summed E-state index contributed by atoms with van der Waals surface area (Å²) in [6, 6.07) is 9.13. The molecule has 1 fully saturated rings. The van der Waals surface area contributed by atoms with Gasteiger partial charge >= 0.3 is 0 Å². The number of hydrogen-bond acceptors (Lipinski definition) is 2. The van der Waals surface area contributed by atoms with Gasteiger partial charge in [0.25, 0.3) is 0 Å². The Balaban J connectivity index is 2.01. The van der Waals surface area contributed by atoms with Crippen LogP contribution in [0.4, 0.5) is 0 Å². The van der Waals surface area contributed by atoms with E-state index in [1.807, 2.05) is 18.2 Å². The van der Waals surface area contributed by atoms with Crippen molar-refractivity contribution in [2.24, 2.45) is 5.92 Å². The monoisotopic (exact) mass is 286 g/mol. The lowest BCUT2D eigenvalue weighted by Gasteiger charge is -2.29. The standard InChI is InChI=1S/C14H19ClO2S/c15-14(13(16)11-7-3-1-4-8-11)18(17)12-9-5-2-6-10-12/h2,5-6,9-11,13-14,16H,1,3-4,7-8H2. The summed E-state index contributed by atoms with van der Waals surface area (Å²) in [5.41, 5.74) is 0. The Morgan fingerprint density at radius 2 is 1.78 bits per heavy atom. The Kier molecular flexibility index (Phi) is 5.22. The maximum atomic E-state index is 12.2.